The third kappa shape index (κ3) is 4.38. The second-order valence-electron chi connectivity index (χ2n) is 5.42. The van der Waals surface area contributed by atoms with E-state index in [2.05, 4.69) is 10.6 Å². The van der Waals surface area contributed by atoms with Gasteiger partial charge in [0.15, 0.2) is 0 Å². The van der Waals surface area contributed by atoms with Crippen molar-refractivity contribution in [3.8, 4) is 5.75 Å². The highest BCUT2D eigenvalue weighted by Gasteiger charge is 2.31. The zero-order chi connectivity index (χ0) is 17.7. The Balaban J connectivity index is 2.08. The number of hydrogen-bond acceptors (Lipinski definition) is 5. The minimum Gasteiger partial charge on any atom is -0.495 e. The van der Waals surface area contributed by atoms with Crippen LogP contribution in [0, 0.1) is 0 Å². The summed E-state index contributed by atoms with van der Waals surface area (Å²) in [4.78, 5) is 35.4. The lowest BCUT2D eigenvalue weighted by molar-refractivity contribution is -0.145. The van der Waals surface area contributed by atoms with E-state index in [9.17, 15) is 14.4 Å². The van der Waals surface area contributed by atoms with Gasteiger partial charge in [-0.3, -0.25) is 9.59 Å². The van der Waals surface area contributed by atoms with E-state index in [-0.39, 0.29) is 12.3 Å². The van der Waals surface area contributed by atoms with Crippen LogP contribution in [0.5, 0.6) is 5.75 Å². The average Bonchev–Trinajstić information content (AvgIpc) is 3.00. The van der Waals surface area contributed by atoms with Crippen molar-refractivity contribution in [2.45, 2.75) is 31.3 Å². The van der Waals surface area contributed by atoms with Crippen molar-refractivity contribution in [3.63, 3.8) is 0 Å². The molecule has 1 aromatic rings. The van der Waals surface area contributed by atoms with Gasteiger partial charge in [-0.25, -0.2) is 4.79 Å². The number of hydrogen-bond donors (Lipinski definition) is 2. The minimum absolute atomic E-state index is 0.174. The number of nitrogens with one attached hydrogen (secondary N) is 2. The van der Waals surface area contributed by atoms with Crippen LogP contribution in [0.2, 0.25) is 5.02 Å². The first-order valence-corrected chi connectivity index (χ1v) is 7.82. The van der Waals surface area contributed by atoms with Crippen LogP contribution < -0.4 is 15.4 Å². The van der Waals surface area contributed by atoms with Crippen molar-refractivity contribution < 1.29 is 23.9 Å². The standard InChI is InChI=1S/C16H19ClN2O5/c1-23-13-5-3-9(7-10(13)17)8-12(16(22)24-2)19-15(21)11-4-6-14(20)18-11/h3,5,7,11-12H,4,6,8H2,1-2H3,(H,18,20)(H,19,21)/t11-,12+/m1/s1. The largest absolute Gasteiger partial charge is 0.495 e. The third-order valence-electron chi connectivity index (χ3n) is 3.77. The van der Waals surface area contributed by atoms with Gasteiger partial charge < -0.3 is 20.1 Å². The van der Waals surface area contributed by atoms with Crippen LogP contribution in [0.15, 0.2) is 18.2 Å². The Hall–Kier alpha value is -2.28. The molecule has 0 radical (unpaired) electrons. The molecule has 0 bridgehead atoms. The molecule has 2 rings (SSSR count). The van der Waals surface area contributed by atoms with Gasteiger partial charge in [-0.1, -0.05) is 17.7 Å². The van der Waals surface area contributed by atoms with Gasteiger partial charge in [-0.15, -0.1) is 0 Å². The molecule has 1 aromatic carbocycles. The summed E-state index contributed by atoms with van der Waals surface area (Å²) >= 11 is 6.08. The van der Waals surface area contributed by atoms with E-state index < -0.39 is 24.0 Å². The van der Waals surface area contributed by atoms with Gasteiger partial charge in [-0.05, 0) is 24.1 Å². The van der Waals surface area contributed by atoms with Crippen LogP contribution >= 0.6 is 11.6 Å². The molecule has 1 fully saturated rings. The Morgan fingerprint density at radius 1 is 1.42 bits per heavy atom. The van der Waals surface area contributed by atoms with Gasteiger partial charge in [-0.2, -0.15) is 0 Å². The molecule has 0 aliphatic carbocycles. The quantitative estimate of drug-likeness (QED) is 0.738. The van der Waals surface area contributed by atoms with Gasteiger partial charge in [0.25, 0.3) is 0 Å². The lowest BCUT2D eigenvalue weighted by atomic mass is 10.0. The highest BCUT2D eigenvalue weighted by molar-refractivity contribution is 6.32. The molecule has 24 heavy (non-hydrogen) atoms. The highest BCUT2D eigenvalue weighted by atomic mass is 35.5. The third-order valence-corrected chi connectivity index (χ3v) is 4.07. The Morgan fingerprint density at radius 3 is 2.71 bits per heavy atom. The van der Waals surface area contributed by atoms with E-state index in [1.54, 1.807) is 18.2 Å². The molecule has 7 nitrogen and oxygen atoms in total. The fourth-order valence-corrected chi connectivity index (χ4v) is 2.77. The Morgan fingerprint density at radius 2 is 2.17 bits per heavy atom. The lowest BCUT2D eigenvalue weighted by Crippen LogP contribution is -2.49. The second kappa shape index (κ2) is 8.01. The summed E-state index contributed by atoms with van der Waals surface area (Å²) in [5.74, 6) is -0.630. The number of esters is 1. The van der Waals surface area contributed by atoms with E-state index in [0.29, 0.717) is 23.6 Å². The second-order valence-corrected chi connectivity index (χ2v) is 5.82. The van der Waals surface area contributed by atoms with Crippen LogP contribution in [0.1, 0.15) is 18.4 Å². The van der Waals surface area contributed by atoms with Crippen LogP contribution in [0.25, 0.3) is 0 Å². The van der Waals surface area contributed by atoms with E-state index in [1.807, 2.05) is 0 Å². The monoisotopic (exact) mass is 354 g/mol. The summed E-state index contributed by atoms with van der Waals surface area (Å²) in [7, 11) is 2.76. The van der Waals surface area contributed by atoms with Gasteiger partial charge in [0, 0.05) is 12.8 Å². The normalized spacial score (nSPS) is 17.8. The summed E-state index contributed by atoms with van der Waals surface area (Å²) < 4.78 is 9.83. The van der Waals surface area contributed by atoms with Crippen LogP contribution in [-0.4, -0.2) is 44.1 Å². The maximum Gasteiger partial charge on any atom is 0.328 e. The molecule has 2 atom stereocenters. The number of ether oxygens (including phenoxy) is 2. The number of halogens is 1. The van der Waals surface area contributed by atoms with Gasteiger partial charge in [0.2, 0.25) is 11.8 Å². The molecular weight excluding hydrogens is 336 g/mol. The van der Waals surface area contributed by atoms with Gasteiger partial charge in [0.05, 0.1) is 19.2 Å². The zero-order valence-corrected chi connectivity index (χ0v) is 14.2. The Labute approximate surface area is 144 Å². The van der Waals surface area contributed by atoms with Crippen molar-refractivity contribution >= 4 is 29.4 Å². The molecule has 2 N–H and O–H groups in total. The minimum atomic E-state index is -0.871. The molecule has 0 aromatic heterocycles. The SMILES string of the molecule is COC(=O)[C@H](Cc1ccc(OC)c(Cl)c1)NC(=O)[C@H]1CCC(=O)N1. The molecule has 8 heteroatoms. The molecule has 1 aliphatic heterocycles. The van der Waals surface area contributed by atoms with Gasteiger partial charge >= 0.3 is 5.97 Å². The highest BCUT2D eigenvalue weighted by Crippen LogP contribution is 2.25. The predicted octanol–water partition coefficient (Wildman–Crippen LogP) is 0.827. The fraction of sp³-hybridized carbons (Fsp3) is 0.438. The summed E-state index contributed by atoms with van der Waals surface area (Å²) in [6.45, 7) is 0. The zero-order valence-electron chi connectivity index (χ0n) is 13.4. The number of carbonyl (C=O) groups is 3. The van der Waals surface area contributed by atoms with Gasteiger partial charge in [0.1, 0.15) is 17.8 Å². The topological polar surface area (TPSA) is 93.7 Å². The number of carbonyl (C=O) groups excluding carboxylic acids is 3. The first-order valence-electron chi connectivity index (χ1n) is 7.44. The molecule has 1 aliphatic rings. The maximum absolute atomic E-state index is 12.2. The molecule has 1 heterocycles. The number of rotatable bonds is 6. The van der Waals surface area contributed by atoms with Crippen molar-refractivity contribution in [1.29, 1.82) is 0 Å². The lowest BCUT2D eigenvalue weighted by Gasteiger charge is -2.19. The molecule has 0 saturated carbocycles. The van der Waals surface area contributed by atoms with Crippen LogP contribution in [0.3, 0.4) is 0 Å². The van der Waals surface area contributed by atoms with Crippen molar-refractivity contribution in [3.05, 3.63) is 28.8 Å². The smallest absolute Gasteiger partial charge is 0.328 e. The summed E-state index contributed by atoms with van der Waals surface area (Å²) in [6.07, 6.45) is 0.921. The number of benzene rings is 1. The Bertz CT molecular complexity index is 649. The summed E-state index contributed by atoms with van der Waals surface area (Å²) in [5, 5.41) is 5.60. The Kier molecular flexibility index (Phi) is 6.03. The summed E-state index contributed by atoms with van der Waals surface area (Å²) in [5.41, 5.74) is 0.743. The first-order chi connectivity index (χ1) is 11.4. The fourth-order valence-electron chi connectivity index (χ4n) is 2.49. The van der Waals surface area contributed by atoms with E-state index >= 15 is 0 Å². The van der Waals surface area contributed by atoms with E-state index in [4.69, 9.17) is 21.1 Å². The van der Waals surface area contributed by atoms with Crippen LogP contribution in [-0.2, 0) is 25.5 Å². The molecule has 2 amide bonds. The molecule has 0 spiro atoms. The van der Waals surface area contributed by atoms with Crippen molar-refractivity contribution in [2.75, 3.05) is 14.2 Å². The summed E-state index contributed by atoms with van der Waals surface area (Å²) in [6, 6.07) is 3.61. The number of amides is 2. The maximum atomic E-state index is 12.2. The predicted molar refractivity (Wildman–Crippen MR) is 86.8 cm³/mol. The molecular formula is C16H19ClN2O5. The molecule has 0 unspecified atom stereocenters. The number of methoxy groups -OCH3 is 2. The van der Waals surface area contributed by atoms with E-state index in [1.165, 1.54) is 14.2 Å². The first kappa shape index (κ1) is 18.1. The van der Waals surface area contributed by atoms with Crippen molar-refractivity contribution in [2.24, 2.45) is 0 Å². The van der Waals surface area contributed by atoms with E-state index in [0.717, 1.165) is 5.56 Å². The average molecular weight is 355 g/mol. The molecule has 130 valence electrons. The van der Waals surface area contributed by atoms with Crippen molar-refractivity contribution in [1.82, 2.24) is 10.6 Å². The van der Waals surface area contributed by atoms with Crippen LogP contribution in [0.4, 0.5) is 0 Å². The molecule has 1 saturated heterocycles.